The first kappa shape index (κ1) is 19.2. The van der Waals surface area contributed by atoms with E-state index >= 15 is 0 Å². The monoisotopic (exact) mass is 339 g/mol. The molecule has 1 aliphatic heterocycles. The van der Waals surface area contributed by atoms with Gasteiger partial charge in [0.15, 0.2) is 5.82 Å². The van der Waals surface area contributed by atoms with Gasteiger partial charge in [-0.15, -0.1) is 0 Å². The van der Waals surface area contributed by atoms with Gasteiger partial charge in [0.25, 0.3) is 0 Å². The molecule has 2 rings (SSSR count). The number of hydrazine groups is 1. The van der Waals surface area contributed by atoms with Crippen molar-refractivity contribution in [1.29, 1.82) is 0 Å². The minimum Gasteiger partial charge on any atom is -0.475 e. The van der Waals surface area contributed by atoms with Gasteiger partial charge in [0.1, 0.15) is 0 Å². The predicted molar refractivity (Wildman–Crippen MR) is 74.6 cm³/mol. The maximum atomic E-state index is 10.6. The van der Waals surface area contributed by atoms with Gasteiger partial charge in [-0.1, -0.05) is 19.0 Å². The largest absolute Gasteiger partial charge is 0.490 e. The zero-order valence-corrected chi connectivity index (χ0v) is 12.8. The van der Waals surface area contributed by atoms with Crippen molar-refractivity contribution in [2.45, 2.75) is 44.8 Å². The van der Waals surface area contributed by atoms with Gasteiger partial charge in [-0.3, -0.25) is 11.3 Å². The lowest BCUT2D eigenvalue weighted by Crippen LogP contribution is -2.45. The second kappa shape index (κ2) is 8.11. The Hall–Kier alpha value is -1.88. The Balaban J connectivity index is 0.000000322. The van der Waals surface area contributed by atoms with Crippen LogP contribution in [0.3, 0.4) is 0 Å². The normalized spacial score (nSPS) is 16.2. The van der Waals surface area contributed by atoms with Gasteiger partial charge in [-0.25, -0.2) is 4.79 Å². The Bertz CT molecular complexity index is 498. The molecule has 8 nitrogen and oxygen atoms in total. The number of hydrogen-bond acceptors (Lipinski definition) is 7. The molecule has 0 radical (unpaired) electrons. The molecular formula is C12H20F3N5O3. The van der Waals surface area contributed by atoms with Gasteiger partial charge in [0, 0.05) is 25.0 Å². The molecule has 4 N–H and O–H groups in total. The maximum Gasteiger partial charge on any atom is 0.490 e. The van der Waals surface area contributed by atoms with Gasteiger partial charge < -0.3 is 14.5 Å². The fraction of sp³-hybridized carbons (Fsp3) is 0.750. The van der Waals surface area contributed by atoms with Crippen LogP contribution in [0.25, 0.3) is 0 Å². The predicted octanol–water partition coefficient (Wildman–Crippen LogP) is 1.26. The molecule has 1 aliphatic rings. The molecule has 1 fully saturated rings. The summed E-state index contributed by atoms with van der Waals surface area (Å²) in [4.78, 5) is 15.4. The van der Waals surface area contributed by atoms with Crippen molar-refractivity contribution in [2.24, 2.45) is 5.84 Å². The highest BCUT2D eigenvalue weighted by atomic mass is 19.4. The van der Waals surface area contributed by atoms with E-state index in [-0.39, 0.29) is 0 Å². The fourth-order valence-electron chi connectivity index (χ4n) is 1.83. The molecule has 11 heteroatoms. The second-order valence-electron chi connectivity index (χ2n) is 5.32. The Morgan fingerprint density at radius 2 is 1.96 bits per heavy atom. The lowest BCUT2D eigenvalue weighted by Gasteiger charge is -2.29. The molecule has 0 aromatic carbocycles. The Labute approximate surface area is 130 Å². The number of alkyl halides is 3. The van der Waals surface area contributed by atoms with E-state index < -0.39 is 12.1 Å². The van der Waals surface area contributed by atoms with Gasteiger partial charge in [0.2, 0.25) is 0 Å². The van der Waals surface area contributed by atoms with Crippen molar-refractivity contribution in [1.82, 2.24) is 15.6 Å². The number of carboxylic acid groups (broad SMARTS) is 1. The summed E-state index contributed by atoms with van der Waals surface area (Å²) in [6, 6.07) is 1.04. The number of carboxylic acids is 1. The number of rotatable bonds is 3. The third-order valence-electron chi connectivity index (χ3n) is 3.19. The van der Waals surface area contributed by atoms with Crippen LogP contribution >= 0.6 is 0 Å². The van der Waals surface area contributed by atoms with Gasteiger partial charge in [-0.05, 0) is 12.8 Å². The van der Waals surface area contributed by atoms with Crippen LogP contribution in [0.4, 0.5) is 19.2 Å². The maximum absolute atomic E-state index is 10.6. The molecule has 0 unspecified atom stereocenters. The number of nitrogens with zero attached hydrogens (tertiary/aromatic N) is 3. The summed E-state index contributed by atoms with van der Waals surface area (Å²) in [5.74, 6) is 3.73. The molecule has 0 bridgehead atoms. The van der Waals surface area contributed by atoms with Crippen LogP contribution in [0.2, 0.25) is 0 Å². The van der Waals surface area contributed by atoms with E-state index in [1.165, 1.54) is 0 Å². The molecule has 1 aromatic rings. The van der Waals surface area contributed by atoms with Crippen LogP contribution in [-0.2, 0) is 4.79 Å². The van der Waals surface area contributed by atoms with E-state index in [0.717, 1.165) is 31.8 Å². The first-order valence-electron chi connectivity index (χ1n) is 7.00. The van der Waals surface area contributed by atoms with Crippen molar-refractivity contribution in [3.8, 4) is 0 Å². The molecule has 0 saturated carbocycles. The van der Waals surface area contributed by atoms with E-state index in [4.69, 9.17) is 20.3 Å². The van der Waals surface area contributed by atoms with Crippen LogP contribution in [0.1, 0.15) is 38.4 Å². The number of nitrogens with two attached hydrogens (primary N) is 1. The summed E-state index contributed by atoms with van der Waals surface area (Å²) in [6.45, 7) is 5.93. The average molecular weight is 339 g/mol. The van der Waals surface area contributed by atoms with Crippen molar-refractivity contribution in [3.05, 3.63) is 5.82 Å². The van der Waals surface area contributed by atoms with Crippen LogP contribution in [0.15, 0.2) is 4.52 Å². The molecule has 2 heterocycles. The lowest BCUT2D eigenvalue weighted by molar-refractivity contribution is -0.192. The standard InChI is InChI=1S/C10H19N5O.C2HF3O2/c1-7(2)9-12-10(16-14-9)15-5-3-8(13-11)4-6-15;3-2(4,5)1(6)7/h7-8,13H,3-6,11H2,1-2H3;(H,6,7). The molecule has 23 heavy (non-hydrogen) atoms. The minimum absolute atomic E-state index is 0.306. The third-order valence-corrected chi connectivity index (χ3v) is 3.19. The summed E-state index contributed by atoms with van der Waals surface area (Å²) in [6.07, 6.45) is -3.06. The summed E-state index contributed by atoms with van der Waals surface area (Å²) in [5.41, 5.74) is 2.81. The molecular weight excluding hydrogens is 319 g/mol. The van der Waals surface area contributed by atoms with Crippen molar-refractivity contribution in [3.63, 3.8) is 0 Å². The van der Waals surface area contributed by atoms with E-state index in [9.17, 15) is 13.2 Å². The van der Waals surface area contributed by atoms with Crippen LogP contribution in [0, 0.1) is 0 Å². The van der Waals surface area contributed by atoms with Gasteiger partial charge in [0.05, 0.1) is 0 Å². The fourth-order valence-corrected chi connectivity index (χ4v) is 1.83. The molecule has 1 saturated heterocycles. The Kier molecular flexibility index (Phi) is 6.76. The number of halogens is 3. The smallest absolute Gasteiger partial charge is 0.475 e. The third kappa shape index (κ3) is 6.02. The highest BCUT2D eigenvalue weighted by Crippen LogP contribution is 2.20. The average Bonchev–Trinajstić information content (AvgIpc) is 2.97. The number of nitrogens with one attached hydrogen (secondary N) is 1. The van der Waals surface area contributed by atoms with Crippen molar-refractivity contribution in [2.75, 3.05) is 18.0 Å². The minimum atomic E-state index is -5.08. The first-order chi connectivity index (χ1) is 10.6. The molecule has 0 aliphatic carbocycles. The zero-order valence-electron chi connectivity index (χ0n) is 12.8. The molecule has 0 atom stereocenters. The first-order valence-corrected chi connectivity index (χ1v) is 7.00. The highest BCUT2D eigenvalue weighted by Gasteiger charge is 2.38. The van der Waals surface area contributed by atoms with Crippen molar-refractivity contribution < 1.29 is 27.6 Å². The second-order valence-corrected chi connectivity index (χ2v) is 5.32. The summed E-state index contributed by atoms with van der Waals surface area (Å²) >= 11 is 0. The molecule has 0 amide bonds. The number of anilines is 1. The van der Waals surface area contributed by atoms with Gasteiger partial charge in [-0.2, -0.15) is 18.2 Å². The Morgan fingerprint density at radius 1 is 1.43 bits per heavy atom. The van der Waals surface area contributed by atoms with Gasteiger partial charge >= 0.3 is 18.2 Å². The summed E-state index contributed by atoms with van der Waals surface area (Å²) in [7, 11) is 0. The Morgan fingerprint density at radius 3 is 2.30 bits per heavy atom. The summed E-state index contributed by atoms with van der Waals surface area (Å²) in [5, 5.41) is 11.1. The lowest BCUT2D eigenvalue weighted by atomic mass is 10.1. The van der Waals surface area contributed by atoms with E-state index in [0.29, 0.717) is 18.0 Å². The van der Waals surface area contributed by atoms with Crippen LogP contribution in [0.5, 0.6) is 0 Å². The topological polar surface area (TPSA) is 118 Å². The zero-order chi connectivity index (χ0) is 17.6. The molecule has 0 spiro atoms. The molecule has 1 aromatic heterocycles. The highest BCUT2D eigenvalue weighted by molar-refractivity contribution is 5.73. The quantitative estimate of drug-likeness (QED) is 0.556. The number of piperidine rings is 1. The molecule has 132 valence electrons. The van der Waals surface area contributed by atoms with Crippen LogP contribution < -0.4 is 16.2 Å². The van der Waals surface area contributed by atoms with E-state index in [1.807, 2.05) is 0 Å². The van der Waals surface area contributed by atoms with Crippen molar-refractivity contribution >= 4 is 12.0 Å². The number of carbonyl (C=O) groups is 1. The SMILES string of the molecule is CC(C)c1noc(N2CCC(NN)CC2)n1.O=C(O)C(F)(F)F. The van der Waals surface area contributed by atoms with E-state index in [1.54, 1.807) is 0 Å². The number of aliphatic carboxylic acids is 1. The number of aromatic nitrogens is 2. The summed E-state index contributed by atoms with van der Waals surface area (Å²) < 4.78 is 37.0. The van der Waals surface area contributed by atoms with E-state index in [2.05, 4.69) is 34.3 Å². The van der Waals surface area contributed by atoms with Crippen LogP contribution in [-0.4, -0.2) is 46.5 Å². The number of hydrogen-bond donors (Lipinski definition) is 3.